The van der Waals surface area contributed by atoms with E-state index in [0.29, 0.717) is 36.8 Å². The van der Waals surface area contributed by atoms with Crippen LogP contribution >= 0.6 is 0 Å². The van der Waals surface area contributed by atoms with Crippen LogP contribution in [0.1, 0.15) is 34.6 Å². The highest BCUT2D eigenvalue weighted by Crippen LogP contribution is 2.34. The highest BCUT2D eigenvalue weighted by Gasteiger charge is 2.23. The Morgan fingerprint density at radius 2 is 2.04 bits per heavy atom. The van der Waals surface area contributed by atoms with E-state index in [1.54, 1.807) is 18.3 Å². The Morgan fingerprint density at radius 1 is 1.22 bits per heavy atom. The van der Waals surface area contributed by atoms with Crippen molar-refractivity contribution in [3.05, 3.63) is 47.5 Å². The van der Waals surface area contributed by atoms with Crippen LogP contribution in [-0.2, 0) is 17.6 Å². The number of carbonyl (C=O) groups excluding carboxylic acids is 1. The SMILES string of the molecule is COC(=O)c1cncc(CCc2ccc(OC(F)F)c(OCC3CC3)c2)n1. The number of halogens is 2. The summed E-state index contributed by atoms with van der Waals surface area (Å²) >= 11 is 0. The molecule has 8 heteroatoms. The van der Waals surface area contributed by atoms with E-state index >= 15 is 0 Å². The summed E-state index contributed by atoms with van der Waals surface area (Å²) in [7, 11) is 1.28. The maximum Gasteiger partial charge on any atom is 0.387 e. The molecule has 3 rings (SSSR count). The van der Waals surface area contributed by atoms with Crippen LogP contribution in [0.4, 0.5) is 8.78 Å². The molecular weight excluding hydrogens is 358 g/mol. The number of benzene rings is 1. The Balaban J connectivity index is 1.68. The minimum atomic E-state index is -2.91. The van der Waals surface area contributed by atoms with Crippen molar-refractivity contribution in [1.82, 2.24) is 9.97 Å². The van der Waals surface area contributed by atoms with E-state index in [2.05, 4.69) is 19.4 Å². The zero-order chi connectivity index (χ0) is 19.2. The van der Waals surface area contributed by atoms with Crippen molar-refractivity contribution in [3.63, 3.8) is 0 Å². The lowest BCUT2D eigenvalue weighted by molar-refractivity contribution is -0.0515. The first-order valence-electron chi connectivity index (χ1n) is 8.65. The summed E-state index contributed by atoms with van der Waals surface area (Å²) in [6.45, 7) is -2.41. The Bertz CT molecular complexity index is 797. The predicted octanol–water partition coefficient (Wildman–Crippen LogP) is 3.44. The largest absolute Gasteiger partial charge is 0.489 e. The molecule has 1 heterocycles. The Hall–Kier alpha value is -2.77. The van der Waals surface area contributed by atoms with Gasteiger partial charge in [-0.3, -0.25) is 4.98 Å². The van der Waals surface area contributed by atoms with Crippen LogP contribution < -0.4 is 9.47 Å². The third-order valence-electron chi connectivity index (χ3n) is 4.14. The topological polar surface area (TPSA) is 70.5 Å². The van der Waals surface area contributed by atoms with E-state index < -0.39 is 12.6 Å². The molecule has 0 atom stereocenters. The van der Waals surface area contributed by atoms with Crippen LogP contribution in [0.2, 0.25) is 0 Å². The first-order valence-corrected chi connectivity index (χ1v) is 8.65. The fourth-order valence-electron chi connectivity index (χ4n) is 2.51. The molecule has 1 aliphatic rings. The summed E-state index contributed by atoms with van der Waals surface area (Å²) in [6.07, 6.45) is 6.21. The average molecular weight is 378 g/mol. The van der Waals surface area contributed by atoms with Gasteiger partial charge in [0.15, 0.2) is 17.2 Å². The van der Waals surface area contributed by atoms with Gasteiger partial charge in [0.1, 0.15) is 0 Å². The summed E-state index contributed by atoms with van der Waals surface area (Å²) in [4.78, 5) is 19.7. The normalized spacial score (nSPS) is 13.5. The number of methoxy groups -OCH3 is 1. The van der Waals surface area contributed by atoms with Gasteiger partial charge in [0.2, 0.25) is 0 Å². The zero-order valence-electron chi connectivity index (χ0n) is 14.9. The molecule has 1 aromatic carbocycles. The van der Waals surface area contributed by atoms with Crippen LogP contribution in [0.5, 0.6) is 11.5 Å². The summed E-state index contributed by atoms with van der Waals surface area (Å²) in [5.74, 6) is 0.286. The minimum absolute atomic E-state index is 0.0295. The monoisotopic (exact) mass is 378 g/mol. The average Bonchev–Trinajstić information content (AvgIpc) is 3.49. The van der Waals surface area contributed by atoms with Crippen LogP contribution in [0.25, 0.3) is 0 Å². The van der Waals surface area contributed by atoms with Gasteiger partial charge in [-0.25, -0.2) is 9.78 Å². The number of hydrogen-bond acceptors (Lipinski definition) is 6. The smallest absolute Gasteiger partial charge is 0.387 e. The van der Waals surface area contributed by atoms with Gasteiger partial charge in [-0.2, -0.15) is 8.78 Å². The van der Waals surface area contributed by atoms with Gasteiger partial charge in [0.05, 0.1) is 25.6 Å². The molecule has 0 unspecified atom stereocenters. The summed E-state index contributed by atoms with van der Waals surface area (Å²) < 4.78 is 40.0. The Labute approximate surface area is 155 Å². The van der Waals surface area contributed by atoms with Crippen molar-refractivity contribution in [1.29, 1.82) is 0 Å². The van der Waals surface area contributed by atoms with Crippen LogP contribution in [0, 0.1) is 5.92 Å². The Morgan fingerprint density at radius 3 is 2.74 bits per heavy atom. The molecule has 1 aromatic heterocycles. The standard InChI is InChI=1S/C19H20F2N2O4/c1-25-18(24)15-10-22-9-14(23-15)6-4-12-5-7-16(27-19(20)21)17(8-12)26-11-13-2-3-13/h5,7-10,13,19H,2-4,6,11H2,1H3. The molecule has 1 saturated carbocycles. The summed E-state index contributed by atoms with van der Waals surface area (Å²) in [6, 6.07) is 4.90. The van der Waals surface area contributed by atoms with Crippen molar-refractivity contribution in [2.45, 2.75) is 32.3 Å². The summed E-state index contributed by atoms with van der Waals surface area (Å²) in [5, 5.41) is 0. The van der Waals surface area contributed by atoms with Crippen molar-refractivity contribution >= 4 is 5.97 Å². The molecule has 2 aromatic rings. The molecular formula is C19H20F2N2O4. The molecule has 1 fully saturated rings. The lowest BCUT2D eigenvalue weighted by Gasteiger charge is -2.13. The second-order valence-corrected chi connectivity index (χ2v) is 6.30. The van der Waals surface area contributed by atoms with Crippen molar-refractivity contribution in [2.24, 2.45) is 5.92 Å². The first kappa shape index (κ1) is 19.0. The third kappa shape index (κ3) is 5.60. The molecule has 6 nitrogen and oxygen atoms in total. The highest BCUT2D eigenvalue weighted by molar-refractivity contribution is 5.86. The van der Waals surface area contributed by atoms with Gasteiger partial charge >= 0.3 is 12.6 Å². The molecule has 0 aliphatic heterocycles. The van der Waals surface area contributed by atoms with E-state index in [0.717, 1.165) is 18.4 Å². The van der Waals surface area contributed by atoms with Gasteiger partial charge in [0, 0.05) is 6.20 Å². The van der Waals surface area contributed by atoms with Crippen LogP contribution in [0.3, 0.4) is 0 Å². The summed E-state index contributed by atoms with van der Waals surface area (Å²) in [5.41, 5.74) is 1.66. The third-order valence-corrected chi connectivity index (χ3v) is 4.14. The van der Waals surface area contributed by atoms with Crippen molar-refractivity contribution < 1.29 is 27.8 Å². The van der Waals surface area contributed by atoms with E-state index in [-0.39, 0.29) is 11.4 Å². The van der Waals surface area contributed by atoms with Gasteiger partial charge < -0.3 is 14.2 Å². The van der Waals surface area contributed by atoms with Gasteiger partial charge in [0.25, 0.3) is 0 Å². The molecule has 144 valence electrons. The zero-order valence-corrected chi connectivity index (χ0v) is 14.9. The maximum absolute atomic E-state index is 12.6. The van der Waals surface area contributed by atoms with Gasteiger partial charge in [-0.15, -0.1) is 0 Å². The molecule has 0 radical (unpaired) electrons. The lowest BCUT2D eigenvalue weighted by Crippen LogP contribution is -2.08. The number of rotatable bonds is 9. The van der Waals surface area contributed by atoms with Gasteiger partial charge in [-0.05, 0) is 49.3 Å². The lowest BCUT2D eigenvalue weighted by atomic mass is 10.1. The maximum atomic E-state index is 12.6. The minimum Gasteiger partial charge on any atom is -0.489 e. The fourth-order valence-corrected chi connectivity index (χ4v) is 2.51. The van der Waals surface area contributed by atoms with Crippen molar-refractivity contribution in [2.75, 3.05) is 13.7 Å². The highest BCUT2D eigenvalue weighted by atomic mass is 19.3. The molecule has 27 heavy (non-hydrogen) atoms. The molecule has 0 amide bonds. The Kier molecular flexibility index (Phi) is 6.16. The number of hydrogen-bond donors (Lipinski definition) is 0. The number of ether oxygens (including phenoxy) is 3. The second kappa shape index (κ2) is 8.75. The number of carbonyl (C=O) groups is 1. The molecule has 0 bridgehead atoms. The fraction of sp³-hybridized carbons (Fsp3) is 0.421. The second-order valence-electron chi connectivity index (χ2n) is 6.30. The van der Waals surface area contributed by atoms with Crippen LogP contribution in [0.15, 0.2) is 30.6 Å². The van der Waals surface area contributed by atoms with E-state index in [1.165, 1.54) is 19.4 Å². The number of nitrogens with zero attached hydrogens (tertiary/aromatic N) is 2. The predicted molar refractivity (Wildman–Crippen MR) is 92.1 cm³/mol. The number of aromatic nitrogens is 2. The molecule has 1 aliphatic carbocycles. The van der Waals surface area contributed by atoms with E-state index in [4.69, 9.17) is 4.74 Å². The van der Waals surface area contributed by atoms with Crippen molar-refractivity contribution in [3.8, 4) is 11.5 Å². The van der Waals surface area contributed by atoms with Crippen LogP contribution in [-0.4, -0.2) is 36.3 Å². The van der Waals surface area contributed by atoms with E-state index in [1.807, 2.05) is 0 Å². The number of esters is 1. The molecule has 0 spiro atoms. The number of alkyl halides is 2. The molecule has 0 N–H and O–H groups in total. The quantitative estimate of drug-likeness (QED) is 0.623. The first-order chi connectivity index (χ1) is 13.0. The number of aryl methyl sites for hydroxylation is 2. The molecule has 0 saturated heterocycles. The van der Waals surface area contributed by atoms with Gasteiger partial charge in [-0.1, -0.05) is 6.07 Å². The van der Waals surface area contributed by atoms with E-state index in [9.17, 15) is 13.6 Å².